The number of aromatic nitrogens is 3. The van der Waals surface area contributed by atoms with E-state index >= 15 is 0 Å². The molecule has 2 aromatic carbocycles. The molecule has 0 saturated heterocycles. The second kappa shape index (κ2) is 7.71. The Bertz CT molecular complexity index is 1230. The third kappa shape index (κ3) is 3.67. The van der Waals surface area contributed by atoms with Crippen LogP contribution in [0.1, 0.15) is 36.1 Å². The van der Waals surface area contributed by atoms with Gasteiger partial charge < -0.3 is 9.26 Å². The fourth-order valence-corrected chi connectivity index (χ4v) is 3.04. The predicted molar refractivity (Wildman–Crippen MR) is 107 cm³/mol. The lowest BCUT2D eigenvalue weighted by molar-refractivity contribution is 0.0430. The molecule has 0 bridgehead atoms. The monoisotopic (exact) mass is 389 g/mol. The molecule has 0 fully saturated rings. The summed E-state index contributed by atoms with van der Waals surface area (Å²) in [5.74, 6) is -0.216. The number of hydrogen-bond acceptors (Lipinski definition) is 6. The SMILES string of the molecule is CC(C)n1nc(C(=O)OCc2cc(-c3ccccc3)no2)c2ccccc2c1=O. The highest BCUT2D eigenvalue weighted by Gasteiger charge is 2.19. The van der Waals surface area contributed by atoms with E-state index in [1.165, 1.54) is 4.68 Å². The van der Waals surface area contributed by atoms with Crippen LogP contribution >= 0.6 is 0 Å². The van der Waals surface area contributed by atoms with Crippen molar-refractivity contribution in [1.82, 2.24) is 14.9 Å². The molecule has 4 rings (SSSR count). The maximum absolute atomic E-state index is 12.7. The third-order valence-electron chi connectivity index (χ3n) is 4.48. The molecule has 0 spiro atoms. The summed E-state index contributed by atoms with van der Waals surface area (Å²) in [6.07, 6.45) is 0. The highest BCUT2D eigenvalue weighted by Crippen LogP contribution is 2.20. The molecule has 0 aliphatic heterocycles. The zero-order valence-electron chi connectivity index (χ0n) is 16.0. The Balaban J connectivity index is 1.59. The van der Waals surface area contributed by atoms with Crippen molar-refractivity contribution in [1.29, 1.82) is 0 Å². The van der Waals surface area contributed by atoms with Crippen molar-refractivity contribution in [2.45, 2.75) is 26.5 Å². The van der Waals surface area contributed by atoms with Gasteiger partial charge in [0.05, 0.1) is 11.4 Å². The van der Waals surface area contributed by atoms with Gasteiger partial charge in [-0.15, -0.1) is 0 Å². The molecule has 0 amide bonds. The average molecular weight is 389 g/mol. The molecule has 146 valence electrons. The lowest BCUT2D eigenvalue weighted by Crippen LogP contribution is -2.27. The third-order valence-corrected chi connectivity index (χ3v) is 4.48. The molecule has 0 N–H and O–H groups in total. The number of hydrogen-bond donors (Lipinski definition) is 0. The van der Waals surface area contributed by atoms with Gasteiger partial charge in [0.2, 0.25) is 0 Å². The fraction of sp³-hybridized carbons (Fsp3) is 0.182. The van der Waals surface area contributed by atoms with Crippen LogP contribution in [-0.2, 0) is 11.3 Å². The van der Waals surface area contributed by atoms with Gasteiger partial charge in [-0.05, 0) is 19.9 Å². The van der Waals surface area contributed by atoms with Crippen molar-refractivity contribution in [2.24, 2.45) is 0 Å². The Kier molecular flexibility index (Phi) is 4.95. The number of rotatable bonds is 5. The van der Waals surface area contributed by atoms with E-state index in [1.807, 2.05) is 44.2 Å². The Morgan fingerprint density at radius 1 is 1.07 bits per heavy atom. The van der Waals surface area contributed by atoms with Gasteiger partial charge >= 0.3 is 5.97 Å². The molecule has 2 aromatic heterocycles. The zero-order valence-corrected chi connectivity index (χ0v) is 16.0. The smallest absolute Gasteiger partial charge is 0.359 e. The molecular formula is C22H19N3O4. The van der Waals surface area contributed by atoms with Crippen molar-refractivity contribution < 1.29 is 14.1 Å². The van der Waals surface area contributed by atoms with Crippen LogP contribution in [0.2, 0.25) is 0 Å². The molecule has 0 atom stereocenters. The van der Waals surface area contributed by atoms with E-state index in [0.717, 1.165) is 5.56 Å². The van der Waals surface area contributed by atoms with Crippen molar-refractivity contribution in [3.63, 3.8) is 0 Å². The van der Waals surface area contributed by atoms with Crippen LogP contribution in [0.4, 0.5) is 0 Å². The van der Waals surface area contributed by atoms with Crippen LogP contribution in [0.3, 0.4) is 0 Å². The van der Waals surface area contributed by atoms with Crippen molar-refractivity contribution in [2.75, 3.05) is 0 Å². The highest BCUT2D eigenvalue weighted by atomic mass is 16.5. The number of carbonyl (C=O) groups excluding carboxylic acids is 1. The van der Waals surface area contributed by atoms with Gasteiger partial charge in [0, 0.05) is 17.0 Å². The van der Waals surface area contributed by atoms with E-state index in [0.29, 0.717) is 22.2 Å². The molecule has 7 nitrogen and oxygen atoms in total. The summed E-state index contributed by atoms with van der Waals surface area (Å²) < 4.78 is 12.0. The first-order chi connectivity index (χ1) is 14.0. The minimum absolute atomic E-state index is 0.0878. The molecule has 0 aliphatic rings. The molecule has 0 radical (unpaired) electrons. The molecule has 0 unspecified atom stereocenters. The molecule has 4 aromatic rings. The largest absolute Gasteiger partial charge is 0.453 e. The first-order valence-corrected chi connectivity index (χ1v) is 9.24. The van der Waals surface area contributed by atoms with Gasteiger partial charge in [0.25, 0.3) is 5.56 Å². The summed E-state index contributed by atoms with van der Waals surface area (Å²) in [6.45, 7) is 3.57. The van der Waals surface area contributed by atoms with Crippen LogP contribution in [0, 0.1) is 0 Å². The van der Waals surface area contributed by atoms with Crippen LogP contribution < -0.4 is 5.56 Å². The molecule has 29 heavy (non-hydrogen) atoms. The Morgan fingerprint density at radius 2 is 1.76 bits per heavy atom. The summed E-state index contributed by atoms with van der Waals surface area (Å²) in [4.78, 5) is 25.3. The quantitative estimate of drug-likeness (QED) is 0.480. The van der Waals surface area contributed by atoms with E-state index in [2.05, 4.69) is 10.3 Å². The first-order valence-electron chi connectivity index (χ1n) is 9.24. The molecule has 0 aliphatic carbocycles. The van der Waals surface area contributed by atoms with Crippen molar-refractivity contribution >= 4 is 16.7 Å². The predicted octanol–water partition coefficient (Wildman–Crippen LogP) is 3.99. The number of fused-ring (bicyclic) bond motifs is 1. The minimum Gasteiger partial charge on any atom is -0.453 e. The Morgan fingerprint density at radius 3 is 2.48 bits per heavy atom. The van der Waals surface area contributed by atoms with Gasteiger partial charge in [-0.2, -0.15) is 5.10 Å². The van der Waals surface area contributed by atoms with Gasteiger partial charge in [-0.25, -0.2) is 9.48 Å². The second-order valence-electron chi connectivity index (χ2n) is 6.86. The van der Waals surface area contributed by atoms with Gasteiger partial charge in [0.15, 0.2) is 18.1 Å². The summed E-state index contributed by atoms with van der Waals surface area (Å²) in [5.41, 5.74) is 1.42. The standard InChI is InChI=1S/C22H19N3O4/c1-14(2)25-21(26)18-11-7-6-10-17(18)20(23-25)22(27)28-13-16-12-19(24-29-16)15-8-4-3-5-9-15/h3-12,14H,13H2,1-2H3. The lowest BCUT2D eigenvalue weighted by Gasteiger charge is -2.12. The van der Waals surface area contributed by atoms with Crippen LogP contribution in [-0.4, -0.2) is 20.9 Å². The number of carbonyl (C=O) groups is 1. The normalized spacial score (nSPS) is 11.1. The fourth-order valence-electron chi connectivity index (χ4n) is 3.04. The first kappa shape index (κ1) is 18.6. The summed E-state index contributed by atoms with van der Waals surface area (Å²) in [6, 6.07) is 18.0. The second-order valence-corrected chi connectivity index (χ2v) is 6.86. The minimum atomic E-state index is -0.631. The van der Waals surface area contributed by atoms with Crippen molar-refractivity contribution in [3.05, 3.63) is 82.5 Å². The number of esters is 1. The molecule has 2 heterocycles. The Labute approximate surface area is 166 Å². The van der Waals surface area contributed by atoms with E-state index in [9.17, 15) is 9.59 Å². The van der Waals surface area contributed by atoms with Gasteiger partial charge in [-0.3, -0.25) is 4.79 Å². The Hall–Kier alpha value is -3.74. The molecular weight excluding hydrogens is 370 g/mol. The zero-order chi connectivity index (χ0) is 20.4. The van der Waals surface area contributed by atoms with E-state index in [1.54, 1.807) is 30.3 Å². The maximum atomic E-state index is 12.7. The summed E-state index contributed by atoms with van der Waals surface area (Å²) in [7, 11) is 0. The van der Waals surface area contributed by atoms with E-state index < -0.39 is 5.97 Å². The maximum Gasteiger partial charge on any atom is 0.359 e. The summed E-state index contributed by atoms with van der Waals surface area (Å²) in [5, 5.41) is 9.14. The topological polar surface area (TPSA) is 87.2 Å². The van der Waals surface area contributed by atoms with Crippen LogP contribution in [0.15, 0.2) is 70.0 Å². The van der Waals surface area contributed by atoms with E-state index in [4.69, 9.17) is 9.26 Å². The van der Waals surface area contributed by atoms with Crippen LogP contribution in [0.25, 0.3) is 22.0 Å². The average Bonchev–Trinajstić information content (AvgIpc) is 3.22. The highest BCUT2D eigenvalue weighted by molar-refractivity contribution is 6.02. The molecule has 0 saturated carbocycles. The molecule has 7 heteroatoms. The van der Waals surface area contributed by atoms with Gasteiger partial charge in [0.1, 0.15) is 5.69 Å². The summed E-state index contributed by atoms with van der Waals surface area (Å²) >= 11 is 0. The van der Waals surface area contributed by atoms with E-state index in [-0.39, 0.29) is 23.9 Å². The van der Waals surface area contributed by atoms with Gasteiger partial charge in [-0.1, -0.05) is 53.7 Å². The lowest BCUT2D eigenvalue weighted by atomic mass is 10.1. The number of ether oxygens (including phenoxy) is 1. The number of nitrogens with zero attached hydrogens (tertiary/aromatic N) is 3. The van der Waals surface area contributed by atoms with Crippen molar-refractivity contribution in [3.8, 4) is 11.3 Å². The number of benzene rings is 2. The van der Waals surface area contributed by atoms with Crippen LogP contribution in [0.5, 0.6) is 0 Å².